The normalized spacial score (nSPS) is 10.4. The van der Waals surface area contributed by atoms with Gasteiger partial charge in [0.1, 0.15) is 16.8 Å². The van der Waals surface area contributed by atoms with E-state index in [-0.39, 0.29) is 17.7 Å². The number of hydrogen-bond donors (Lipinski definition) is 2. The summed E-state index contributed by atoms with van der Waals surface area (Å²) in [5.41, 5.74) is 1.60. The van der Waals surface area contributed by atoms with Gasteiger partial charge in [0.2, 0.25) is 0 Å². The molecule has 0 unspecified atom stereocenters. The van der Waals surface area contributed by atoms with Crippen molar-refractivity contribution in [3.8, 4) is 5.75 Å². The quantitative estimate of drug-likeness (QED) is 0.639. The van der Waals surface area contributed by atoms with Gasteiger partial charge in [0, 0.05) is 11.6 Å². The first-order valence-corrected chi connectivity index (χ1v) is 8.29. The second-order valence-corrected chi connectivity index (χ2v) is 5.60. The number of nitrogens with one attached hydrogen (secondary N) is 1. The van der Waals surface area contributed by atoms with E-state index in [9.17, 15) is 14.7 Å². The number of carboxylic acids is 1. The molecule has 0 amide bonds. The summed E-state index contributed by atoms with van der Waals surface area (Å²) >= 11 is 0. The zero-order valence-corrected chi connectivity index (χ0v) is 14.9. The summed E-state index contributed by atoms with van der Waals surface area (Å²) in [4.78, 5) is 28.3. The zero-order chi connectivity index (χ0) is 19.4. The zero-order valence-electron chi connectivity index (χ0n) is 14.9. The number of aromatic nitrogens is 1. The molecular formula is C20H18N2O5. The highest BCUT2D eigenvalue weighted by atomic mass is 16.5. The highest BCUT2D eigenvalue weighted by Crippen LogP contribution is 2.34. The van der Waals surface area contributed by atoms with Gasteiger partial charge < -0.3 is 19.9 Å². The lowest BCUT2D eigenvalue weighted by atomic mass is 10.1. The number of nitrogens with zero attached hydrogens (tertiary/aromatic N) is 1. The van der Waals surface area contributed by atoms with Crippen molar-refractivity contribution in [1.82, 2.24) is 4.98 Å². The van der Waals surface area contributed by atoms with E-state index in [0.717, 1.165) is 0 Å². The third kappa shape index (κ3) is 3.52. The number of esters is 1. The number of para-hydroxylation sites is 2. The van der Waals surface area contributed by atoms with Crippen molar-refractivity contribution in [3.63, 3.8) is 0 Å². The van der Waals surface area contributed by atoms with Crippen LogP contribution in [0.4, 0.5) is 11.4 Å². The van der Waals surface area contributed by atoms with Crippen LogP contribution in [-0.4, -0.2) is 35.7 Å². The number of carboxylic acid groups (broad SMARTS) is 1. The van der Waals surface area contributed by atoms with Crippen LogP contribution in [0.25, 0.3) is 10.9 Å². The molecule has 0 aliphatic heterocycles. The molecule has 0 aliphatic rings. The topological polar surface area (TPSA) is 97.8 Å². The summed E-state index contributed by atoms with van der Waals surface area (Å²) in [6.45, 7) is 1.92. The van der Waals surface area contributed by atoms with E-state index in [1.54, 1.807) is 43.3 Å². The van der Waals surface area contributed by atoms with Gasteiger partial charge in [-0.2, -0.15) is 0 Å². The average molecular weight is 366 g/mol. The molecule has 0 atom stereocenters. The molecule has 1 heterocycles. The van der Waals surface area contributed by atoms with Gasteiger partial charge >= 0.3 is 11.9 Å². The number of rotatable bonds is 6. The van der Waals surface area contributed by atoms with E-state index in [0.29, 0.717) is 28.0 Å². The van der Waals surface area contributed by atoms with Gasteiger partial charge in [-0.3, -0.25) is 4.98 Å². The number of hydrogen-bond acceptors (Lipinski definition) is 6. The van der Waals surface area contributed by atoms with E-state index < -0.39 is 11.9 Å². The molecule has 27 heavy (non-hydrogen) atoms. The minimum absolute atomic E-state index is 0.0835. The molecule has 7 nitrogen and oxygen atoms in total. The molecule has 2 N–H and O–H groups in total. The smallest absolute Gasteiger partial charge is 0.341 e. The monoisotopic (exact) mass is 366 g/mol. The molecular weight excluding hydrogens is 348 g/mol. The maximum atomic E-state index is 12.4. The predicted molar refractivity (Wildman–Crippen MR) is 101 cm³/mol. The summed E-state index contributed by atoms with van der Waals surface area (Å²) in [5, 5.41) is 13.1. The van der Waals surface area contributed by atoms with Crippen LogP contribution < -0.4 is 10.1 Å². The molecule has 1 aromatic heterocycles. The first kappa shape index (κ1) is 18.2. The van der Waals surface area contributed by atoms with Crippen LogP contribution >= 0.6 is 0 Å². The van der Waals surface area contributed by atoms with E-state index in [4.69, 9.17) is 9.47 Å². The molecule has 0 saturated carbocycles. The highest BCUT2D eigenvalue weighted by Gasteiger charge is 2.20. The Hall–Kier alpha value is -3.61. The Morgan fingerprint density at radius 2 is 1.89 bits per heavy atom. The number of pyridine rings is 1. The number of ether oxygens (including phenoxy) is 2. The summed E-state index contributed by atoms with van der Waals surface area (Å²) in [6.07, 6.45) is 1.40. The Morgan fingerprint density at radius 1 is 1.11 bits per heavy atom. The Balaban J connectivity index is 2.23. The predicted octanol–water partition coefficient (Wildman–Crippen LogP) is 3.86. The number of fused-ring (bicyclic) bond motifs is 1. The van der Waals surface area contributed by atoms with Crippen LogP contribution in [0.3, 0.4) is 0 Å². The number of aromatic carboxylic acids is 1. The molecule has 0 saturated heterocycles. The summed E-state index contributed by atoms with van der Waals surface area (Å²) in [6, 6.07) is 11.8. The fourth-order valence-electron chi connectivity index (χ4n) is 2.77. The van der Waals surface area contributed by atoms with E-state index >= 15 is 0 Å². The number of anilines is 2. The van der Waals surface area contributed by atoms with Crippen LogP contribution in [0.1, 0.15) is 27.6 Å². The van der Waals surface area contributed by atoms with Gasteiger partial charge in [-0.05, 0) is 25.1 Å². The van der Waals surface area contributed by atoms with Crippen molar-refractivity contribution in [3.05, 3.63) is 59.8 Å². The number of carbonyl (C=O) groups excluding carboxylic acids is 1. The minimum Gasteiger partial charge on any atom is -0.494 e. The number of methoxy groups -OCH3 is 1. The van der Waals surface area contributed by atoms with Gasteiger partial charge in [0.05, 0.1) is 30.7 Å². The molecule has 2 aromatic carbocycles. The second kappa shape index (κ2) is 7.74. The Morgan fingerprint density at radius 3 is 2.59 bits per heavy atom. The first-order chi connectivity index (χ1) is 13.1. The van der Waals surface area contributed by atoms with E-state index in [1.165, 1.54) is 19.4 Å². The summed E-state index contributed by atoms with van der Waals surface area (Å²) in [5.74, 6) is -1.09. The average Bonchev–Trinajstić information content (AvgIpc) is 2.68. The largest absolute Gasteiger partial charge is 0.494 e. The second-order valence-electron chi connectivity index (χ2n) is 5.60. The Kier molecular flexibility index (Phi) is 5.21. The standard InChI is InChI=1S/C20H18N2O5/c1-3-27-20(25)14-11-21-18-13(8-6-10-16(18)26-2)17(14)22-15-9-5-4-7-12(15)19(23)24/h4-11H,3H2,1-2H3,(H,21,22)(H,23,24). The van der Waals surface area contributed by atoms with Crippen LogP contribution in [-0.2, 0) is 4.74 Å². The first-order valence-electron chi connectivity index (χ1n) is 8.29. The van der Waals surface area contributed by atoms with E-state index in [2.05, 4.69) is 10.3 Å². The van der Waals surface area contributed by atoms with Gasteiger partial charge in [-0.25, -0.2) is 9.59 Å². The maximum Gasteiger partial charge on any atom is 0.341 e. The van der Waals surface area contributed by atoms with Crippen LogP contribution in [0.5, 0.6) is 5.75 Å². The van der Waals surface area contributed by atoms with Crippen molar-refractivity contribution >= 4 is 34.2 Å². The van der Waals surface area contributed by atoms with Crippen molar-refractivity contribution in [2.24, 2.45) is 0 Å². The molecule has 0 bridgehead atoms. The van der Waals surface area contributed by atoms with Gasteiger partial charge in [-0.15, -0.1) is 0 Å². The molecule has 3 rings (SSSR count). The van der Waals surface area contributed by atoms with Gasteiger partial charge in [0.25, 0.3) is 0 Å². The van der Waals surface area contributed by atoms with Crippen LogP contribution in [0.2, 0.25) is 0 Å². The van der Waals surface area contributed by atoms with E-state index in [1.807, 2.05) is 0 Å². The highest BCUT2D eigenvalue weighted by molar-refractivity contribution is 6.08. The lowest BCUT2D eigenvalue weighted by molar-refractivity contribution is 0.0526. The Labute approximate surface area is 155 Å². The molecule has 0 fully saturated rings. The van der Waals surface area contributed by atoms with Gasteiger partial charge in [-0.1, -0.05) is 24.3 Å². The number of benzene rings is 2. The minimum atomic E-state index is -1.08. The van der Waals surface area contributed by atoms with Crippen molar-refractivity contribution in [1.29, 1.82) is 0 Å². The molecule has 3 aromatic rings. The van der Waals surface area contributed by atoms with Crippen LogP contribution in [0.15, 0.2) is 48.7 Å². The molecule has 0 aliphatic carbocycles. The van der Waals surface area contributed by atoms with Crippen molar-refractivity contribution in [2.75, 3.05) is 19.0 Å². The maximum absolute atomic E-state index is 12.4. The lowest BCUT2D eigenvalue weighted by Crippen LogP contribution is -2.11. The van der Waals surface area contributed by atoms with Crippen molar-refractivity contribution in [2.45, 2.75) is 6.92 Å². The summed E-state index contributed by atoms with van der Waals surface area (Å²) in [7, 11) is 1.53. The molecule has 7 heteroatoms. The van der Waals surface area contributed by atoms with Gasteiger partial charge in [0.15, 0.2) is 0 Å². The SMILES string of the molecule is CCOC(=O)c1cnc2c(OC)cccc2c1Nc1ccccc1C(=O)O. The summed E-state index contributed by atoms with van der Waals surface area (Å²) < 4.78 is 10.5. The third-order valence-corrected chi connectivity index (χ3v) is 3.99. The lowest BCUT2D eigenvalue weighted by Gasteiger charge is -2.16. The third-order valence-electron chi connectivity index (χ3n) is 3.99. The molecule has 0 spiro atoms. The Bertz CT molecular complexity index is 1020. The molecule has 0 radical (unpaired) electrons. The fourth-order valence-corrected chi connectivity index (χ4v) is 2.77. The fraction of sp³-hybridized carbons (Fsp3) is 0.150. The molecule has 138 valence electrons. The van der Waals surface area contributed by atoms with Crippen LogP contribution in [0, 0.1) is 0 Å². The number of carbonyl (C=O) groups is 2. The van der Waals surface area contributed by atoms with Crippen molar-refractivity contribution < 1.29 is 24.2 Å².